The number of carbonyl (C=O) groups excluding carboxylic acids is 3. The fraction of sp³-hybridized carbons (Fsp3) is 0.526. The van der Waals surface area contributed by atoms with Crippen molar-refractivity contribution in [1.29, 1.82) is 0 Å². The maximum absolute atomic E-state index is 13.0. The number of rotatable bonds is 8. The molecule has 2 rings (SSSR count). The Balaban J connectivity index is 2.04. The first-order chi connectivity index (χ1) is 13.5. The van der Waals surface area contributed by atoms with Crippen LogP contribution in [0.1, 0.15) is 49.5 Å². The Morgan fingerprint density at radius 3 is 2.62 bits per heavy atom. The maximum atomic E-state index is 13.0. The number of fused-ring (bicyclic) bond motifs is 1. The Hall–Kier alpha value is -2.49. The highest BCUT2D eigenvalue weighted by Crippen LogP contribution is 2.37. The van der Waals surface area contributed by atoms with Crippen LogP contribution < -0.4 is 4.65 Å². The zero-order valence-electron chi connectivity index (χ0n) is 16.4. The molecular weight excluding hydrogens is 389 g/mol. The zero-order valence-corrected chi connectivity index (χ0v) is 16.4. The van der Waals surface area contributed by atoms with E-state index in [9.17, 15) is 28.2 Å². The van der Waals surface area contributed by atoms with Gasteiger partial charge in [-0.2, -0.15) is 0 Å². The number of carbonyl (C=O) groups is 3. The predicted molar refractivity (Wildman–Crippen MR) is 98.6 cm³/mol. The predicted octanol–water partition coefficient (Wildman–Crippen LogP) is 2.79. The highest BCUT2D eigenvalue weighted by Gasteiger charge is 2.39. The molecule has 1 atom stereocenters. The maximum Gasteiger partial charge on any atom is 0.526 e. The molecule has 0 bridgehead atoms. The Bertz CT molecular complexity index is 776. The minimum absolute atomic E-state index is 0.0204. The van der Waals surface area contributed by atoms with Gasteiger partial charge < -0.3 is 19.2 Å². The molecular formula is C19H23BF2O7. The molecule has 1 aliphatic heterocycles. The van der Waals surface area contributed by atoms with Gasteiger partial charge in [-0.05, 0) is 25.0 Å². The molecule has 0 unspecified atom stereocenters. The van der Waals surface area contributed by atoms with E-state index in [4.69, 9.17) is 14.1 Å². The first-order valence-corrected chi connectivity index (χ1v) is 9.18. The van der Waals surface area contributed by atoms with Crippen LogP contribution in [0.3, 0.4) is 0 Å². The first-order valence-electron chi connectivity index (χ1n) is 9.18. The van der Waals surface area contributed by atoms with Crippen LogP contribution in [0.5, 0.6) is 5.75 Å². The number of hydrogen-bond acceptors (Lipinski definition) is 7. The summed E-state index contributed by atoms with van der Waals surface area (Å²) >= 11 is 0. The second-order valence-electron chi connectivity index (χ2n) is 7.42. The van der Waals surface area contributed by atoms with Crippen molar-refractivity contribution in [3.63, 3.8) is 0 Å². The van der Waals surface area contributed by atoms with E-state index >= 15 is 0 Å². The number of ether oxygens (including phenoxy) is 2. The fourth-order valence-electron chi connectivity index (χ4n) is 2.92. The highest BCUT2D eigenvalue weighted by molar-refractivity contribution is 6.47. The zero-order chi connectivity index (χ0) is 21.8. The first kappa shape index (κ1) is 22.8. The lowest BCUT2D eigenvalue weighted by Crippen LogP contribution is -2.36. The minimum Gasteiger partial charge on any atom is -0.535 e. The van der Waals surface area contributed by atoms with Crippen LogP contribution in [0, 0.1) is 5.92 Å². The second kappa shape index (κ2) is 9.34. The van der Waals surface area contributed by atoms with E-state index in [2.05, 4.69) is 0 Å². The Morgan fingerprint density at radius 2 is 2.00 bits per heavy atom. The molecule has 158 valence electrons. The van der Waals surface area contributed by atoms with E-state index in [1.165, 1.54) is 6.07 Å². The number of Topliss-reactive ketones (excluding diaryl/α,β-unsaturated/α-hetero) is 1. The van der Waals surface area contributed by atoms with Gasteiger partial charge in [0.2, 0.25) is 6.79 Å². The SMILES string of the molecule is CC(C)C(=O)OCOC(=O)c1cccc2c1OB(O)[C@@H](CC(=O)CC(C)(F)F)C2. The monoisotopic (exact) mass is 412 g/mol. The molecule has 7 nitrogen and oxygen atoms in total. The van der Waals surface area contributed by atoms with Crippen LogP contribution in [0.15, 0.2) is 18.2 Å². The number of benzene rings is 1. The summed E-state index contributed by atoms with van der Waals surface area (Å²) in [4.78, 5) is 35.5. The topological polar surface area (TPSA) is 99.1 Å². The fourth-order valence-corrected chi connectivity index (χ4v) is 2.92. The van der Waals surface area contributed by atoms with Gasteiger partial charge in [0.15, 0.2) is 0 Å². The normalized spacial score (nSPS) is 16.1. The molecule has 1 aromatic carbocycles. The van der Waals surface area contributed by atoms with Crippen molar-refractivity contribution in [2.45, 2.75) is 51.8 Å². The molecule has 0 radical (unpaired) electrons. The molecule has 0 aliphatic carbocycles. The number of para-hydroxylation sites is 1. The van der Waals surface area contributed by atoms with Crippen LogP contribution in [0.25, 0.3) is 0 Å². The summed E-state index contributed by atoms with van der Waals surface area (Å²) in [7, 11) is -1.44. The van der Waals surface area contributed by atoms with E-state index in [-0.39, 0.29) is 30.1 Å². The third-order valence-corrected chi connectivity index (χ3v) is 4.30. The van der Waals surface area contributed by atoms with Crippen LogP contribution >= 0.6 is 0 Å². The smallest absolute Gasteiger partial charge is 0.526 e. The van der Waals surface area contributed by atoms with Gasteiger partial charge in [0.05, 0.1) is 12.3 Å². The summed E-state index contributed by atoms with van der Waals surface area (Å²) in [5.74, 6) is -6.14. The third kappa shape index (κ3) is 6.52. The van der Waals surface area contributed by atoms with Crippen molar-refractivity contribution in [2.75, 3.05) is 6.79 Å². The average molecular weight is 412 g/mol. The molecule has 0 aromatic heterocycles. The Kier molecular flexibility index (Phi) is 7.34. The minimum atomic E-state index is -3.12. The summed E-state index contributed by atoms with van der Waals surface area (Å²) in [6.45, 7) is 3.36. The molecule has 1 N–H and O–H groups in total. The lowest BCUT2D eigenvalue weighted by Gasteiger charge is -2.28. The van der Waals surface area contributed by atoms with Crippen LogP contribution in [-0.2, 0) is 25.5 Å². The van der Waals surface area contributed by atoms with Crippen LogP contribution in [-0.4, -0.2) is 42.6 Å². The highest BCUT2D eigenvalue weighted by atomic mass is 19.3. The Labute approximate surface area is 167 Å². The quantitative estimate of drug-likeness (QED) is 0.398. The van der Waals surface area contributed by atoms with Crippen molar-refractivity contribution >= 4 is 24.8 Å². The van der Waals surface area contributed by atoms with Crippen LogP contribution in [0.4, 0.5) is 8.78 Å². The molecule has 10 heteroatoms. The lowest BCUT2D eigenvalue weighted by molar-refractivity contribution is -0.155. The largest absolute Gasteiger partial charge is 0.535 e. The molecule has 0 amide bonds. The Morgan fingerprint density at radius 1 is 1.31 bits per heavy atom. The van der Waals surface area contributed by atoms with E-state index < -0.39 is 49.8 Å². The van der Waals surface area contributed by atoms with E-state index in [0.29, 0.717) is 12.5 Å². The van der Waals surface area contributed by atoms with Gasteiger partial charge in [-0.3, -0.25) is 9.59 Å². The van der Waals surface area contributed by atoms with E-state index in [0.717, 1.165) is 0 Å². The van der Waals surface area contributed by atoms with Gasteiger partial charge in [0.25, 0.3) is 5.92 Å². The van der Waals surface area contributed by atoms with Gasteiger partial charge >= 0.3 is 19.1 Å². The number of hydrogen-bond donors (Lipinski definition) is 1. The number of halogens is 2. The summed E-state index contributed by atoms with van der Waals surface area (Å²) in [5.41, 5.74) is 0.553. The number of esters is 2. The van der Waals surface area contributed by atoms with Crippen molar-refractivity contribution in [3.05, 3.63) is 29.3 Å². The molecule has 1 heterocycles. The summed E-state index contributed by atoms with van der Waals surface area (Å²) < 4.78 is 41.1. The van der Waals surface area contributed by atoms with Crippen molar-refractivity contribution in [1.82, 2.24) is 0 Å². The van der Waals surface area contributed by atoms with Gasteiger partial charge in [0, 0.05) is 12.2 Å². The standard InChI is InChI=1S/C19H23BF2O7/c1-11(2)17(24)27-10-28-18(25)15-6-4-5-12-7-13(20(26)29-16(12)15)8-14(23)9-19(3,21)22/h4-6,11,13,26H,7-10H2,1-3H3/t13-/m1/s1. The second-order valence-corrected chi connectivity index (χ2v) is 7.42. The van der Waals surface area contributed by atoms with E-state index in [1.807, 2.05) is 0 Å². The average Bonchev–Trinajstić information content (AvgIpc) is 2.59. The lowest BCUT2D eigenvalue weighted by atomic mass is 9.64. The molecule has 29 heavy (non-hydrogen) atoms. The summed E-state index contributed by atoms with van der Waals surface area (Å²) in [5, 5.41) is 10.2. The van der Waals surface area contributed by atoms with Gasteiger partial charge in [-0.15, -0.1) is 0 Å². The van der Waals surface area contributed by atoms with E-state index in [1.54, 1.807) is 26.0 Å². The van der Waals surface area contributed by atoms with Crippen molar-refractivity contribution in [2.24, 2.45) is 5.92 Å². The van der Waals surface area contributed by atoms with Gasteiger partial charge in [-0.1, -0.05) is 26.0 Å². The molecule has 0 saturated carbocycles. The van der Waals surface area contributed by atoms with Crippen LogP contribution in [0.2, 0.25) is 5.82 Å². The number of alkyl halides is 2. The summed E-state index contributed by atoms with van der Waals surface area (Å²) in [6.07, 6.45) is -1.02. The number of ketones is 1. The van der Waals surface area contributed by atoms with Gasteiger partial charge in [0.1, 0.15) is 17.1 Å². The van der Waals surface area contributed by atoms with Gasteiger partial charge in [-0.25, -0.2) is 13.6 Å². The van der Waals surface area contributed by atoms with Crippen molar-refractivity contribution in [3.8, 4) is 5.75 Å². The molecule has 1 aromatic rings. The summed E-state index contributed by atoms with van der Waals surface area (Å²) in [6, 6.07) is 4.62. The molecule has 0 fully saturated rings. The molecule has 0 spiro atoms. The molecule has 0 saturated heterocycles. The molecule has 1 aliphatic rings. The van der Waals surface area contributed by atoms with Crippen molar-refractivity contribution < 1.29 is 42.3 Å². The third-order valence-electron chi connectivity index (χ3n) is 4.30.